The maximum Gasteiger partial charge on any atom is 0.412 e. The SMILES string of the molecule is NC(=O)n1cc(N2CCN3CC[C@@H](C(=O)NCc4cccc(Cl)c4F)N3C2=O)c2ccc(OC(=O)NCCP(=O)(O)O)cc21. The molecule has 2 aliphatic heterocycles. The minimum atomic E-state index is -4.31. The van der Waals surface area contributed by atoms with Gasteiger partial charge >= 0.3 is 25.8 Å². The molecule has 3 aromatic rings. The number of halogens is 2. The number of carbonyl (C=O) groups is 4. The number of amides is 5. The van der Waals surface area contributed by atoms with Crippen molar-refractivity contribution in [2.75, 3.05) is 37.2 Å². The van der Waals surface area contributed by atoms with Crippen LogP contribution in [-0.4, -0.2) is 86.8 Å². The van der Waals surface area contributed by atoms with Crippen molar-refractivity contribution < 1.29 is 42.7 Å². The molecule has 3 heterocycles. The molecule has 2 fully saturated rings. The van der Waals surface area contributed by atoms with Crippen LogP contribution in [0.25, 0.3) is 10.9 Å². The molecule has 0 aliphatic carbocycles. The van der Waals surface area contributed by atoms with Crippen molar-refractivity contribution in [3.8, 4) is 5.75 Å². The molecule has 2 saturated heterocycles. The third-order valence-corrected chi connectivity index (χ3v) is 8.32. The molecule has 234 valence electrons. The van der Waals surface area contributed by atoms with Crippen molar-refractivity contribution in [3.05, 3.63) is 59.0 Å². The second kappa shape index (κ2) is 12.4. The number of aromatic nitrogens is 1. The summed E-state index contributed by atoms with van der Waals surface area (Å²) in [5, 5.41) is 8.37. The molecule has 5 amide bonds. The number of hydrogen-bond donors (Lipinski definition) is 5. The number of hydrogen-bond acceptors (Lipinski definition) is 7. The number of fused-ring (bicyclic) bond motifs is 2. The second-order valence-corrected chi connectivity index (χ2v) is 12.3. The lowest BCUT2D eigenvalue weighted by atomic mass is 10.1. The lowest BCUT2D eigenvalue weighted by molar-refractivity contribution is -0.127. The number of nitrogens with two attached hydrogens (primary N) is 1. The fourth-order valence-electron chi connectivity index (χ4n) is 5.15. The van der Waals surface area contributed by atoms with Gasteiger partial charge in [-0.1, -0.05) is 23.7 Å². The van der Waals surface area contributed by atoms with E-state index < -0.39 is 49.7 Å². The van der Waals surface area contributed by atoms with Gasteiger partial charge in [0.1, 0.15) is 17.6 Å². The molecule has 0 bridgehead atoms. The highest BCUT2D eigenvalue weighted by Gasteiger charge is 2.45. The van der Waals surface area contributed by atoms with E-state index in [0.29, 0.717) is 30.6 Å². The van der Waals surface area contributed by atoms with Gasteiger partial charge in [-0.05, 0) is 24.6 Å². The number of rotatable bonds is 8. The maximum absolute atomic E-state index is 14.3. The van der Waals surface area contributed by atoms with Gasteiger partial charge in [-0.15, -0.1) is 0 Å². The summed E-state index contributed by atoms with van der Waals surface area (Å²) in [6.45, 7) is 0.621. The number of hydrazine groups is 1. The molecular weight excluding hydrogens is 624 g/mol. The second-order valence-electron chi connectivity index (χ2n) is 10.1. The van der Waals surface area contributed by atoms with Gasteiger partial charge in [0.15, 0.2) is 0 Å². The predicted molar refractivity (Wildman–Crippen MR) is 156 cm³/mol. The monoisotopic (exact) mass is 651 g/mol. The van der Waals surface area contributed by atoms with Gasteiger partial charge in [-0.25, -0.2) is 28.8 Å². The smallest absolute Gasteiger partial charge is 0.410 e. The van der Waals surface area contributed by atoms with Crippen molar-refractivity contribution in [1.29, 1.82) is 0 Å². The van der Waals surface area contributed by atoms with Crippen molar-refractivity contribution in [1.82, 2.24) is 25.2 Å². The van der Waals surface area contributed by atoms with Crippen LogP contribution in [0.15, 0.2) is 42.6 Å². The molecule has 15 nitrogen and oxygen atoms in total. The largest absolute Gasteiger partial charge is 0.412 e. The Morgan fingerprint density at radius 3 is 2.64 bits per heavy atom. The fraction of sp³-hybridized carbons (Fsp3) is 0.308. The standard InChI is InChI=1S/C26H28ClFN7O8P/c27-18-3-1-2-15(22(18)28)13-31-23(36)19-6-8-32-9-10-33(26(39)35(19)32)21-14-34(24(29)37)20-12-16(4-5-17(20)21)43-25(38)30-7-11-44(40,41)42/h1-5,12,14,19H,6-11,13H2,(H2,29,37)(H,30,38)(H,31,36)(H2,40,41,42)/t19-/m0/s1. The van der Waals surface area contributed by atoms with E-state index in [9.17, 15) is 28.1 Å². The first-order valence-corrected chi connectivity index (χ1v) is 15.5. The summed E-state index contributed by atoms with van der Waals surface area (Å²) in [4.78, 5) is 70.6. The van der Waals surface area contributed by atoms with Crippen molar-refractivity contribution >= 4 is 59.8 Å². The Labute approximate surface area is 254 Å². The minimum absolute atomic E-state index is 0.00175. The van der Waals surface area contributed by atoms with Crippen LogP contribution in [0.2, 0.25) is 5.02 Å². The topological polar surface area (TPSA) is 200 Å². The first-order chi connectivity index (χ1) is 20.8. The molecule has 44 heavy (non-hydrogen) atoms. The van der Waals surface area contributed by atoms with Crippen LogP contribution in [-0.2, 0) is 15.9 Å². The number of benzene rings is 2. The van der Waals surface area contributed by atoms with Gasteiger partial charge in [0.2, 0.25) is 5.91 Å². The van der Waals surface area contributed by atoms with E-state index in [0.717, 1.165) is 4.57 Å². The summed E-state index contributed by atoms with van der Waals surface area (Å²) >= 11 is 5.83. The van der Waals surface area contributed by atoms with Crippen molar-refractivity contribution in [3.63, 3.8) is 0 Å². The predicted octanol–water partition coefficient (Wildman–Crippen LogP) is 2.17. The number of anilines is 1. The third-order valence-electron chi connectivity index (χ3n) is 7.22. The third kappa shape index (κ3) is 6.49. The molecule has 5 rings (SSSR count). The Morgan fingerprint density at radius 1 is 1.14 bits per heavy atom. The zero-order valence-electron chi connectivity index (χ0n) is 23.0. The zero-order valence-corrected chi connectivity index (χ0v) is 24.6. The zero-order chi connectivity index (χ0) is 31.8. The highest BCUT2D eigenvalue weighted by Crippen LogP contribution is 2.36. The van der Waals surface area contributed by atoms with E-state index >= 15 is 0 Å². The highest BCUT2D eigenvalue weighted by molar-refractivity contribution is 7.51. The number of urea groups is 1. The number of ether oxygens (including phenoxy) is 1. The van der Waals surface area contributed by atoms with Gasteiger partial charge in [0.05, 0.1) is 22.4 Å². The molecule has 0 spiro atoms. The van der Waals surface area contributed by atoms with Crippen LogP contribution in [0.1, 0.15) is 12.0 Å². The normalized spacial score (nSPS) is 17.1. The number of carbonyl (C=O) groups excluding carboxylic acids is 4. The summed E-state index contributed by atoms with van der Waals surface area (Å²) in [5.74, 6) is -1.10. The summed E-state index contributed by atoms with van der Waals surface area (Å²) in [7, 11) is -4.31. The van der Waals surface area contributed by atoms with Gasteiger partial charge in [-0.2, -0.15) is 0 Å². The Balaban J connectivity index is 1.34. The van der Waals surface area contributed by atoms with Gasteiger partial charge in [0.25, 0.3) is 0 Å². The van der Waals surface area contributed by atoms with E-state index in [1.165, 1.54) is 46.4 Å². The summed E-state index contributed by atoms with van der Waals surface area (Å²) < 4.78 is 31.5. The lowest BCUT2D eigenvalue weighted by Gasteiger charge is -2.41. The molecule has 18 heteroatoms. The molecule has 1 atom stereocenters. The first-order valence-electron chi connectivity index (χ1n) is 13.4. The van der Waals surface area contributed by atoms with Crippen LogP contribution in [0, 0.1) is 5.82 Å². The molecule has 0 radical (unpaired) electrons. The number of nitrogens with one attached hydrogen (secondary N) is 2. The minimum Gasteiger partial charge on any atom is -0.410 e. The van der Waals surface area contributed by atoms with Crippen LogP contribution in [0.3, 0.4) is 0 Å². The molecule has 6 N–H and O–H groups in total. The van der Waals surface area contributed by atoms with Gasteiger partial charge < -0.3 is 30.9 Å². The van der Waals surface area contributed by atoms with Crippen LogP contribution < -0.4 is 26.0 Å². The summed E-state index contributed by atoms with van der Waals surface area (Å²) in [5.41, 5.74) is 6.34. The Kier molecular flexibility index (Phi) is 8.81. The fourth-order valence-corrected chi connectivity index (χ4v) is 5.75. The molecule has 0 saturated carbocycles. The van der Waals surface area contributed by atoms with Gasteiger partial charge in [-0.3, -0.25) is 18.8 Å². The Bertz CT molecular complexity index is 1700. The van der Waals surface area contributed by atoms with Crippen LogP contribution >= 0.6 is 19.2 Å². The highest BCUT2D eigenvalue weighted by atomic mass is 35.5. The Hall–Kier alpha value is -4.21. The average molecular weight is 652 g/mol. The van der Waals surface area contributed by atoms with E-state index in [-0.39, 0.29) is 41.5 Å². The van der Waals surface area contributed by atoms with E-state index in [2.05, 4.69) is 10.6 Å². The average Bonchev–Trinajstić information content (AvgIpc) is 3.56. The number of nitrogens with zero attached hydrogens (tertiary/aromatic N) is 4. The Morgan fingerprint density at radius 2 is 1.91 bits per heavy atom. The van der Waals surface area contributed by atoms with E-state index in [1.807, 2.05) is 0 Å². The van der Waals surface area contributed by atoms with Crippen LogP contribution in [0.5, 0.6) is 5.75 Å². The molecule has 2 aromatic carbocycles. The molecular formula is C26H28ClFN7O8P. The van der Waals surface area contributed by atoms with Crippen molar-refractivity contribution in [2.45, 2.75) is 19.0 Å². The molecule has 0 unspecified atom stereocenters. The molecule has 1 aromatic heterocycles. The summed E-state index contributed by atoms with van der Waals surface area (Å²) in [6.07, 6.45) is 0.176. The molecule has 2 aliphatic rings. The lowest BCUT2D eigenvalue weighted by Crippen LogP contribution is -2.61. The summed E-state index contributed by atoms with van der Waals surface area (Å²) in [6, 6.07) is 6.51. The first kappa shape index (κ1) is 31.2. The van der Waals surface area contributed by atoms with Gasteiger partial charge in [0, 0.05) is 55.9 Å². The maximum atomic E-state index is 14.3. The van der Waals surface area contributed by atoms with Crippen molar-refractivity contribution in [2.24, 2.45) is 5.73 Å². The van der Waals surface area contributed by atoms with Crippen LogP contribution in [0.4, 0.5) is 24.5 Å². The number of primary amides is 1. The quantitative estimate of drug-likeness (QED) is 0.226. The van der Waals surface area contributed by atoms with E-state index in [4.69, 9.17) is 31.9 Å². The van der Waals surface area contributed by atoms with E-state index in [1.54, 1.807) is 11.1 Å².